The molecule has 0 atom stereocenters. The molecule has 0 saturated carbocycles. The summed E-state index contributed by atoms with van der Waals surface area (Å²) in [5.74, 6) is 0.00505. The molecule has 0 radical (unpaired) electrons. The molecule has 1 heterocycles. The maximum atomic E-state index is 12.1. The number of hydrogen-bond donors (Lipinski definition) is 1. The Morgan fingerprint density at radius 1 is 1.25 bits per heavy atom. The van der Waals surface area contributed by atoms with Crippen molar-refractivity contribution in [3.63, 3.8) is 0 Å². The predicted octanol–water partition coefficient (Wildman–Crippen LogP) is 0.961. The van der Waals surface area contributed by atoms with Crippen LogP contribution in [0, 0.1) is 0 Å². The Balaban J connectivity index is 1.85. The zero-order valence-electron chi connectivity index (χ0n) is 11.8. The number of hydrogen-bond acceptors (Lipinski definition) is 3. The number of aryl methyl sites for hydroxylation is 1. The number of piperazine rings is 1. The van der Waals surface area contributed by atoms with Crippen LogP contribution in [0.15, 0.2) is 24.3 Å². The maximum absolute atomic E-state index is 12.1. The zero-order chi connectivity index (χ0) is 14.4. The Hall–Kier alpha value is -1.88. The van der Waals surface area contributed by atoms with Gasteiger partial charge in [0.2, 0.25) is 12.3 Å². The summed E-state index contributed by atoms with van der Waals surface area (Å²) in [7, 11) is 0. The highest BCUT2D eigenvalue weighted by atomic mass is 16.2. The first kappa shape index (κ1) is 14.5. The molecular formula is C15H21N3O2. The van der Waals surface area contributed by atoms with Gasteiger partial charge >= 0.3 is 0 Å². The lowest BCUT2D eigenvalue weighted by atomic mass is 10.1. The smallest absolute Gasteiger partial charge is 0.238 e. The number of nitrogens with one attached hydrogen (secondary N) is 1. The van der Waals surface area contributed by atoms with Gasteiger partial charge < -0.3 is 10.2 Å². The van der Waals surface area contributed by atoms with E-state index in [0.717, 1.165) is 37.2 Å². The van der Waals surface area contributed by atoms with Gasteiger partial charge in [-0.3, -0.25) is 14.5 Å². The molecule has 1 aromatic rings. The Labute approximate surface area is 119 Å². The van der Waals surface area contributed by atoms with E-state index in [1.54, 1.807) is 4.90 Å². The molecule has 1 fully saturated rings. The number of nitrogens with zero attached hydrogens (tertiary/aromatic N) is 2. The van der Waals surface area contributed by atoms with Crippen molar-refractivity contribution in [1.82, 2.24) is 9.80 Å². The van der Waals surface area contributed by atoms with E-state index in [1.807, 2.05) is 24.3 Å². The zero-order valence-corrected chi connectivity index (χ0v) is 11.8. The SMILES string of the molecule is CCc1ccccc1NC(=O)CN1CCN(C=O)CC1. The van der Waals surface area contributed by atoms with Gasteiger partial charge in [-0.1, -0.05) is 25.1 Å². The minimum Gasteiger partial charge on any atom is -0.343 e. The minimum absolute atomic E-state index is 0.00505. The topological polar surface area (TPSA) is 52.7 Å². The molecule has 0 bridgehead atoms. The van der Waals surface area contributed by atoms with Crippen LogP contribution in [0.3, 0.4) is 0 Å². The Morgan fingerprint density at radius 2 is 1.95 bits per heavy atom. The van der Waals surface area contributed by atoms with Crippen LogP contribution in [-0.4, -0.2) is 54.8 Å². The highest BCUT2D eigenvalue weighted by Gasteiger charge is 2.18. The van der Waals surface area contributed by atoms with Gasteiger partial charge in [-0.2, -0.15) is 0 Å². The van der Waals surface area contributed by atoms with Crippen molar-refractivity contribution in [2.45, 2.75) is 13.3 Å². The number of rotatable bonds is 5. The van der Waals surface area contributed by atoms with E-state index < -0.39 is 0 Å². The highest BCUT2D eigenvalue weighted by Crippen LogP contribution is 2.15. The van der Waals surface area contributed by atoms with Crippen LogP contribution in [0.1, 0.15) is 12.5 Å². The van der Waals surface area contributed by atoms with E-state index in [-0.39, 0.29) is 5.91 Å². The molecule has 5 heteroatoms. The second-order valence-corrected chi connectivity index (χ2v) is 4.98. The Bertz CT molecular complexity index is 468. The van der Waals surface area contributed by atoms with Crippen LogP contribution in [0.2, 0.25) is 0 Å². The average Bonchev–Trinajstić information content (AvgIpc) is 2.48. The fourth-order valence-electron chi connectivity index (χ4n) is 2.37. The van der Waals surface area contributed by atoms with Gasteiger partial charge in [0.1, 0.15) is 0 Å². The van der Waals surface area contributed by atoms with Crippen LogP contribution >= 0.6 is 0 Å². The van der Waals surface area contributed by atoms with Gasteiger partial charge in [0.15, 0.2) is 0 Å². The number of anilines is 1. The fraction of sp³-hybridized carbons (Fsp3) is 0.467. The van der Waals surface area contributed by atoms with Crippen molar-refractivity contribution in [1.29, 1.82) is 0 Å². The molecule has 1 saturated heterocycles. The molecule has 20 heavy (non-hydrogen) atoms. The summed E-state index contributed by atoms with van der Waals surface area (Å²) in [6.07, 6.45) is 1.77. The number of benzene rings is 1. The monoisotopic (exact) mass is 275 g/mol. The van der Waals surface area contributed by atoms with E-state index >= 15 is 0 Å². The maximum Gasteiger partial charge on any atom is 0.238 e. The van der Waals surface area contributed by atoms with Crippen molar-refractivity contribution in [3.05, 3.63) is 29.8 Å². The van der Waals surface area contributed by atoms with Gasteiger partial charge in [-0.05, 0) is 18.1 Å². The fourth-order valence-corrected chi connectivity index (χ4v) is 2.37. The lowest BCUT2D eigenvalue weighted by Crippen LogP contribution is -2.48. The Kier molecular flexibility index (Phi) is 5.12. The molecule has 0 unspecified atom stereocenters. The molecule has 1 aliphatic heterocycles. The number of para-hydroxylation sites is 1. The summed E-state index contributed by atoms with van der Waals surface area (Å²) >= 11 is 0. The lowest BCUT2D eigenvalue weighted by Gasteiger charge is -2.31. The molecule has 1 N–H and O–H groups in total. The summed E-state index contributed by atoms with van der Waals surface area (Å²) < 4.78 is 0. The van der Waals surface area contributed by atoms with Crippen LogP contribution in [0.25, 0.3) is 0 Å². The molecule has 5 nitrogen and oxygen atoms in total. The number of carbonyl (C=O) groups is 2. The molecule has 1 aliphatic rings. The van der Waals surface area contributed by atoms with Crippen molar-refractivity contribution < 1.29 is 9.59 Å². The van der Waals surface area contributed by atoms with Gasteiger partial charge in [0.25, 0.3) is 0 Å². The second-order valence-electron chi connectivity index (χ2n) is 4.98. The van der Waals surface area contributed by atoms with Crippen LogP contribution in [-0.2, 0) is 16.0 Å². The van der Waals surface area contributed by atoms with E-state index in [1.165, 1.54) is 0 Å². The lowest BCUT2D eigenvalue weighted by molar-refractivity contribution is -0.120. The van der Waals surface area contributed by atoms with Crippen molar-refractivity contribution in [2.24, 2.45) is 0 Å². The first-order valence-corrected chi connectivity index (χ1v) is 7.02. The third kappa shape index (κ3) is 3.81. The van der Waals surface area contributed by atoms with E-state index in [2.05, 4.69) is 17.1 Å². The quantitative estimate of drug-likeness (QED) is 0.814. The summed E-state index contributed by atoms with van der Waals surface area (Å²) in [5, 5.41) is 2.97. The highest BCUT2D eigenvalue weighted by molar-refractivity contribution is 5.93. The van der Waals surface area contributed by atoms with Crippen molar-refractivity contribution >= 4 is 18.0 Å². The molecule has 0 aliphatic carbocycles. The average molecular weight is 275 g/mol. The second kappa shape index (κ2) is 7.05. The van der Waals surface area contributed by atoms with Gasteiger partial charge in [-0.15, -0.1) is 0 Å². The first-order valence-electron chi connectivity index (χ1n) is 7.02. The standard InChI is InChI=1S/C15H21N3O2/c1-2-13-5-3-4-6-14(13)16-15(20)11-17-7-9-18(12-19)10-8-17/h3-6,12H,2,7-11H2,1H3,(H,16,20). The molecular weight excluding hydrogens is 254 g/mol. The molecule has 1 aromatic carbocycles. The van der Waals surface area contributed by atoms with Crippen molar-refractivity contribution in [3.8, 4) is 0 Å². The van der Waals surface area contributed by atoms with Gasteiger partial charge in [0.05, 0.1) is 6.54 Å². The summed E-state index contributed by atoms with van der Waals surface area (Å²) in [4.78, 5) is 26.5. The molecule has 2 rings (SSSR count). The molecule has 2 amide bonds. The van der Waals surface area contributed by atoms with Gasteiger partial charge in [0, 0.05) is 31.9 Å². The van der Waals surface area contributed by atoms with E-state index in [9.17, 15) is 9.59 Å². The third-order valence-corrected chi connectivity index (χ3v) is 3.60. The normalized spacial score (nSPS) is 15.9. The molecule has 0 spiro atoms. The minimum atomic E-state index is 0.00505. The van der Waals surface area contributed by atoms with E-state index in [4.69, 9.17) is 0 Å². The molecule has 108 valence electrons. The van der Waals surface area contributed by atoms with Crippen molar-refractivity contribution in [2.75, 3.05) is 38.0 Å². The summed E-state index contributed by atoms with van der Waals surface area (Å²) in [5.41, 5.74) is 2.04. The van der Waals surface area contributed by atoms with E-state index in [0.29, 0.717) is 19.6 Å². The third-order valence-electron chi connectivity index (χ3n) is 3.60. The van der Waals surface area contributed by atoms with Crippen LogP contribution < -0.4 is 5.32 Å². The number of amides is 2. The van der Waals surface area contributed by atoms with Gasteiger partial charge in [-0.25, -0.2) is 0 Å². The molecule has 0 aromatic heterocycles. The summed E-state index contributed by atoms with van der Waals surface area (Å²) in [6.45, 7) is 5.35. The largest absolute Gasteiger partial charge is 0.343 e. The first-order chi connectivity index (χ1) is 9.72. The van der Waals surface area contributed by atoms with Crippen LogP contribution in [0.4, 0.5) is 5.69 Å². The van der Waals surface area contributed by atoms with Crippen LogP contribution in [0.5, 0.6) is 0 Å². The predicted molar refractivity (Wildman–Crippen MR) is 78.5 cm³/mol. The number of carbonyl (C=O) groups excluding carboxylic acids is 2. The summed E-state index contributed by atoms with van der Waals surface area (Å²) in [6, 6.07) is 7.87. The Morgan fingerprint density at radius 3 is 2.60 bits per heavy atom.